The molecule has 0 radical (unpaired) electrons. The van der Waals surface area contributed by atoms with Gasteiger partial charge >= 0.3 is 5.97 Å². The molecule has 2 heteroatoms. The molecular weight excluding hydrogens is 224 g/mol. The lowest BCUT2D eigenvalue weighted by molar-refractivity contribution is -0.152. The molecule has 2 atom stereocenters. The zero-order valence-electron chi connectivity index (χ0n) is 10.6. The van der Waals surface area contributed by atoms with Crippen LogP contribution < -0.4 is 0 Å². The Balaban J connectivity index is 1.81. The molecular formula is C16H20O2. The summed E-state index contributed by atoms with van der Waals surface area (Å²) < 4.78 is 0. The van der Waals surface area contributed by atoms with Crippen LogP contribution in [-0.2, 0) is 4.79 Å². The average Bonchev–Trinajstić information content (AvgIpc) is 3.21. The van der Waals surface area contributed by atoms with Crippen LogP contribution in [0.5, 0.6) is 0 Å². The van der Waals surface area contributed by atoms with Crippen molar-refractivity contribution in [2.75, 3.05) is 0 Å². The van der Waals surface area contributed by atoms with Crippen molar-refractivity contribution in [2.24, 2.45) is 11.3 Å². The number of carboxylic acids is 1. The lowest BCUT2D eigenvalue weighted by Gasteiger charge is -2.33. The van der Waals surface area contributed by atoms with Gasteiger partial charge in [-0.3, -0.25) is 4.79 Å². The molecule has 0 aliphatic heterocycles. The first-order valence-corrected chi connectivity index (χ1v) is 7.02. The second-order valence-corrected chi connectivity index (χ2v) is 5.88. The molecule has 2 aliphatic rings. The lowest BCUT2D eigenvalue weighted by atomic mass is 9.69. The van der Waals surface area contributed by atoms with Gasteiger partial charge in [0.2, 0.25) is 0 Å². The fourth-order valence-corrected chi connectivity index (χ4v) is 3.80. The van der Waals surface area contributed by atoms with Crippen LogP contribution in [0, 0.1) is 11.3 Å². The number of aliphatic carboxylic acids is 1. The number of rotatable bonds is 3. The molecule has 1 aromatic rings. The lowest BCUT2D eigenvalue weighted by Crippen LogP contribution is -2.36. The van der Waals surface area contributed by atoms with E-state index in [0.29, 0.717) is 11.8 Å². The van der Waals surface area contributed by atoms with Crippen molar-refractivity contribution in [3.8, 4) is 0 Å². The SMILES string of the molecule is O=C(O)C1(C2CC2c2ccccc2)CCCCC1. The summed E-state index contributed by atoms with van der Waals surface area (Å²) in [5.41, 5.74) is 0.910. The van der Waals surface area contributed by atoms with Gasteiger partial charge in [-0.05, 0) is 36.7 Å². The number of carboxylic acid groups (broad SMARTS) is 1. The summed E-state index contributed by atoms with van der Waals surface area (Å²) in [6.07, 6.45) is 6.22. The van der Waals surface area contributed by atoms with E-state index >= 15 is 0 Å². The van der Waals surface area contributed by atoms with E-state index in [0.717, 1.165) is 32.1 Å². The standard InChI is InChI=1S/C16H20O2/c17-15(18)16(9-5-2-6-10-16)14-11-13(14)12-7-3-1-4-8-12/h1,3-4,7-8,13-14H,2,5-6,9-11H2,(H,17,18). The summed E-state index contributed by atoms with van der Waals surface area (Å²) in [4.78, 5) is 11.7. The minimum absolute atomic E-state index is 0.373. The van der Waals surface area contributed by atoms with E-state index in [4.69, 9.17) is 0 Å². The highest BCUT2D eigenvalue weighted by Crippen LogP contribution is 2.61. The largest absolute Gasteiger partial charge is 0.481 e. The minimum atomic E-state index is -0.550. The third kappa shape index (κ3) is 1.84. The number of hydrogen-bond acceptors (Lipinski definition) is 1. The molecule has 2 unspecified atom stereocenters. The van der Waals surface area contributed by atoms with Gasteiger partial charge in [-0.25, -0.2) is 0 Å². The Hall–Kier alpha value is -1.31. The summed E-state index contributed by atoms with van der Waals surface area (Å²) >= 11 is 0. The van der Waals surface area contributed by atoms with E-state index in [1.165, 1.54) is 12.0 Å². The first kappa shape index (κ1) is 11.8. The molecule has 96 valence electrons. The summed E-state index contributed by atoms with van der Waals surface area (Å²) in [5.74, 6) is 0.309. The molecule has 0 heterocycles. The number of benzene rings is 1. The Labute approximate surface area is 108 Å². The molecule has 0 spiro atoms. The van der Waals surface area contributed by atoms with Crippen molar-refractivity contribution in [1.82, 2.24) is 0 Å². The summed E-state index contributed by atoms with van der Waals surface area (Å²) in [6, 6.07) is 10.4. The van der Waals surface area contributed by atoms with Crippen LogP contribution in [0.15, 0.2) is 30.3 Å². The van der Waals surface area contributed by atoms with Crippen molar-refractivity contribution in [2.45, 2.75) is 44.4 Å². The maximum atomic E-state index is 11.7. The topological polar surface area (TPSA) is 37.3 Å². The van der Waals surface area contributed by atoms with Gasteiger partial charge in [0.15, 0.2) is 0 Å². The van der Waals surface area contributed by atoms with Crippen molar-refractivity contribution < 1.29 is 9.90 Å². The highest BCUT2D eigenvalue weighted by atomic mass is 16.4. The fourth-order valence-electron chi connectivity index (χ4n) is 3.80. The van der Waals surface area contributed by atoms with Crippen LogP contribution in [0.3, 0.4) is 0 Å². The van der Waals surface area contributed by atoms with Crippen LogP contribution in [-0.4, -0.2) is 11.1 Å². The Morgan fingerprint density at radius 2 is 1.78 bits per heavy atom. The predicted molar refractivity (Wildman–Crippen MR) is 70.4 cm³/mol. The summed E-state index contributed by atoms with van der Waals surface area (Å²) in [7, 11) is 0. The zero-order valence-corrected chi connectivity index (χ0v) is 10.6. The van der Waals surface area contributed by atoms with E-state index in [9.17, 15) is 9.90 Å². The molecule has 0 aromatic heterocycles. The molecule has 0 saturated heterocycles. The third-order valence-electron chi connectivity index (χ3n) is 4.90. The van der Waals surface area contributed by atoms with E-state index < -0.39 is 11.4 Å². The predicted octanol–water partition coefficient (Wildman–Crippen LogP) is 3.83. The van der Waals surface area contributed by atoms with Gasteiger partial charge in [-0.15, -0.1) is 0 Å². The fraction of sp³-hybridized carbons (Fsp3) is 0.562. The highest BCUT2D eigenvalue weighted by Gasteiger charge is 2.57. The Kier molecular flexibility index (Phi) is 2.89. The van der Waals surface area contributed by atoms with Crippen LogP contribution >= 0.6 is 0 Å². The number of carbonyl (C=O) groups is 1. The Bertz CT molecular complexity index is 432. The minimum Gasteiger partial charge on any atom is -0.481 e. The first-order valence-electron chi connectivity index (χ1n) is 7.02. The zero-order chi connectivity index (χ0) is 12.6. The second-order valence-electron chi connectivity index (χ2n) is 5.88. The summed E-state index contributed by atoms with van der Waals surface area (Å²) in [6.45, 7) is 0. The van der Waals surface area contributed by atoms with Gasteiger partial charge in [-0.1, -0.05) is 49.6 Å². The second kappa shape index (κ2) is 4.42. The van der Waals surface area contributed by atoms with Crippen molar-refractivity contribution in [3.63, 3.8) is 0 Å². The molecule has 1 N–H and O–H groups in total. The quantitative estimate of drug-likeness (QED) is 0.877. The molecule has 3 rings (SSSR count). The Morgan fingerprint density at radius 1 is 1.11 bits per heavy atom. The number of hydrogen-bond donors (Lipinski definition) is 1. The molecule has 1 aromatic carbocycles. The molecule has 2 fully saturated rings. The maximum Gasteiger partial charge on any atom is 0.309 e. The first-order chi connectivity index (χ1) is 8.74. The molecule has 18 heavy (non-hydrogen) atoms. The monoisotopic (exact) mass is 244 g/mol. The van der Waals surface area contributed by atoms with Crippen LogP contribution in [0.25, 0.3) is 0 Å². The van der Waals surface area contributed by atoms with Gasteiger partial charge in [0.25, 0.3) is 0 Å². The van der Waals surface area contributed by atoms with Gasteiger partial charge in [0, 0.05) is 0 Å². The normalized spacial score (nSPS) is 29.8. The van der Waals surface area contributed by atoms with E-state index in [2.05, 4.69) is 24.3 Å². The molecule has 2 saturated carbocycles. The Morgan fingerprint density at radius 3 is 2.39 bits per heavy atom. The molecule has 0 bridgehead atoms. The van der Waals surface area contributed by atoms with Crippen molar-refractivity contribution >= 4 is 5.97 Å². The molecule has 2 aliphatic carbocycles. The molecule has 0 amide bonds. The van der Waals surface area contributed by atoms with Gasteiger partial charge in [0.05, 0.1) is 5.41 Å². The van der Waals surface area contributed by atoms with E-state index in [1.807, 2.05) is 6.07 Å². The van der Waals surface area contributed by atoms with Crippen LogP contribution in [0.4, 0.5) is 0 Å². The third-order valence-corrected chi connectivity index (χ3v) is 4.90. The van der Waals surface area contributed by atoms with Crippen molar-refractivity contribution in [1.29, 1.82) is 0 Å². The van der Waals surface area contributed by atoms with Crippen LogP contribution in [0.2, 0.25) is 0 Å². The smallest absolute Gasteiger partial charge is 0.309 e. The van der Waals surface area contributed by atoms with Crippen molar-refractivity contribution in [3.05, 3.63) is 35.9 Å². The van der Waals surface area contributed by atoms with E-state index in [1.54, 1.807) is 0 Å². The van der Waals surface area contributed by atoms with E-state index in [-0.39, 0.29) is 0 Å². The van der Waals surface area contributed by atoms with Gasteiger partial charge in [0.1, 0.15) is 0 Å². The summed E-state index contributed by atoms with van der Waals surface area (Å²) in [5, 5.41) is 9.66. The van der Waals surface area contributed by atoms with Gasteiger partial charge < -0.3 is 5.11 Å². The van der Waals surface area contributed by atoms with Gasteiger partial charge in [-0.2, -0.15) is 0 Å². The van der Waals surface area contributed by atoms with Crippen LogP contribution in [0.1, 0.15) is 50.0 Å². The average molecular weight is 244 g/mol. The highest BCUT2D eigenvalue weighted by molar-refractivity contribution is 5.76. The molecule has 2 nitrogen and oxygen atoms in total. The maximum absolute atomic E-state index is 11.7.